The fourth-order valence-corrected chi connectivity index (χ4v) is 6.40. The number of ether oxygens (including phenoxy) is 1. The second-order valence-corrected chi connectivity index (χ2v) is 11.2. The fraction of sp³-hybridized carbons (Fsp3) is 0.417. The van der Waals surface area contributed by atoms with Crippen LogP contribution >= 0.6 is 11.8 Å². The van der Waals surface area contributed by atoms with Gasteiger partial charge in [0.05, 0.1) is 11.0 Å². The summed E-state index contributed by atoms with van der Waals surface area (Å²) < 4.78 is 33.4. The predicted octanol–water partition coefficient (Wildman–Crippen LogP) is 3.21. The Morgan fingerprint density at radius 1 is 1.09 bits per heavy atom. The predicted molar refractivity (Wildman–Crippen MR) is 127 cm³/mol. The smallest absolute Gasteiger partial charge is 0.243 e. The number of hydrogen-bond acceptors (Lipinski definition) is 7. The number of Topliss-reactive ketones (excluding diaryl/α,β-unsaturated/α-hetero) is 2. The van der Waals surface area contributed by atoms with Gasteiger partial charge in [0.25, 0.3) is 0 Å². The molecule has 2 aromatic carbocycles. The van der Waals surface area contributed by atoms with Gasteiger partial charge in [0.15, 0.2) is 11.6 Å². The van der Waals surface area contributed by atoms with Crippen LogP contribution in [0.5, 0.6) is 0 Å². The van der Waals surface area contributed by atoms with Crippen LogP contribution in [0.1, 0.15) is 40.5 Å². The van der Waals surface area contributed by atoms with Crippen molar-refractivity contribution in [2.45, 2.75) is 41.9 Å². The molecule has 2 unspecified atom stereocenters. The number of carbonyl (C=O) groups is 2. The first-order chi connectivity index (χ1) is 15.8. The zero-order valence-corrected chi connectivity index (χ0v) is 20.3. The van der Waals surface area contributed by atoms with E-state index in [-0.39, 0.29) is 53.4 Å². The zero-order valence-electron chi connectivity index (χ0n) is 18.7. The van der Waals surface area contributed by atoms with Crippen LogP contribution in [0.3, 0.4) is 0 Å². The van der Waals surface area contributed by atoms with E-state index in [1.807, 2.05) is 30.5 Å². The van der Waals surface area contributed by atoms with Gasteiger partial charge >= 0.3 is 0 Å². The molecule has 0 aliphatic carbocycles. The van der Waals surface area contributed by atoms with E-state index in [1.165, 1.54) is 23.4 Å². The average Bonchev–Trinajstić information content (AvgIpc) is 2.80. The summed E-state index contributed by atoms with van der Waals surface area (Å²) in [6.07, 6.45) is 2.75. The van der Waals surface area contributed by atoms with Crippen LogP contribution in [0.15, 0.2) is 58.3 Å². The third-order valence-electron chi connectivity index (χ3n) is 6.16. The highest BCUT2D eigenvalue weighted by Gasteiger charge is 2.40. The number of carbonyl (C=O) groups excluding carboxylic acids is 2. The van der Waals surface area contributed by atoms with Gasteiger partial charge in [-0.25, -0.2) is 8.42 Å². The molecule has 0 amide bonds. The van der Waals surface area contributed by atoms with Gasteiger partial charge in [0.2, 0.25) is 10.0 Å². The zero-order chi connectivity index (χ0) is 23.6. The van der Waals surface area contributed by atoms with Crippen molar-refractivity contribution in [2.75, 3.05) is 25.9 Å². The van der Waals surface area contributed by atoms with Gasteiger partial charge in [-0.3, -0.25) is 14.9 Å². The molecule has 2 aliphatic rings. The second kappa shape index (κ2) is 10.1. The minimum atomic E-state index is -3.76. The van der Waals surface area contributed by atoms with Crippen LogP contribution in [0, 0.1) is 5.92 Å². The van der Waals surface area contributed by atoms with Crippen molar-refractivity contribution in [1.82, 2.24) is 9.62 Å². The summed E-state index contributed by atoms with van der Waals surface area (Å²) in [6.45, 7) is 2.48. The molecule has 2 atom stereocenters. The number of rotatable bonds is 8. The van der Waals surface area contributed by atoms with E-state index in [0.717, 1.165) is 11.3 Å². The highest BCUT2D eigenvalue weighted by atomic mass is 32.2. The molecular formula is C24H28N2O5S2. The van der Waals surface area contributed by atoms with E-state index in [9.17, 15) is 18.0 Å². The Morgan fingerprint density at radius 2 is 1.79 bits per heavy atom. The summed E-state index contributed by atoms with van der Waals surface area (Å²) in [7, 11) is -3.76. The monoisotopic (exact) mass is 488 g/mol. The average molecular weight is 489 g/mol. The van der Waals surface area contributed by atoms with E-state index in [0.29, 0.717) is 18.5 Å². The van der Waals surface area contributed by atoms with Crippen molar-refractivity contribution >= 4 is 33.4 Å². The number of ketones is 2. The van der Waals surface area contributed by atoms with Crippen LogP contribution in [0.25, 0.3) is 0 Å². The molecule has 2 saturated heterocycles. The molecule has 2 heterocycles. The molecule has 1 N–H and O–H groups in total. The van der Waals surface area contributed by atoms with Gasteiger partial charge in [0.1, 0.15) is 6.23 Å². The lowest BCUT2D eigenvalue weighted by atomic mass is 9.89. The molecule has 2 fully saturated rings. The molecule has 0 radical (unpaired) electrons. The summed E-state index contributed by atoms with van der Waals surface area (Å²) in [5.74, 6) is -0.289. The maximum atomic E-state index is 13.0. The molecule has 0 saturated carbocycles. The summed E-state index contributed by atoms with van der Waals surface area (Å²) in [5, 5.41) is 3.29. The first kappa shape index (κ1) is 24.1. The molecule has 0 aromatic heterocycles. The number of hydrogen-bond donors (Lipinski definition) is 1. The van der Waals surface area contributed by atoms with Crippen molar-refractivity contribution in [3.05, 3.63) is 59.7 Å². The molecule has 7 nitrogen and oxygen atoms in total. The molecule has 33 heavy (non-hydrogen) atoms. The lowest BCUT2D eigenvalue weighted by Gasteiger charge is -2.41. The lowest BCUT2D eigenvalue weighted by molar-refractivity contribution is -0.0923. The van der Waals surface area contributed by atoms with Crippen LogP contribution in [0.2, 0.25) is 0 Å². The van der Waals surface area contributed by atoms with Gasteiger partial charge in [-0.05, 0) is 50.8 Å². The molecule has 2 aromatic rings. The number of sulfonamides is 1. The Bertz CT molecular complexity index is 1130. The Balaban J connectivity index is 1.34. The van der Waals surface area contributed by atoms with Gasteiger partial charge < -0.3 is 4.74 Å². The van der Waals surface area contributed by atoms with Gasteiger partial charge in [-0.15, -0.1) is 11.8 Å². The molecule has 9 heteroatoms. The van der Waals surface area contributed by atoms with E-state index < -0.39 is 10.0 Å². The summed E-state index contributed by atoms with van der Waals surface area (Å²) in [6, 6.07) is 13.9. The van der Waals surface area contributed by atoms with Crippen LogP contribution in [0.4, 0.5) is 0 Å². The molecule has 0 spiro atoms. The SMILES string of the molecule is CSc1ccc(C(=O)C2CCNC(OC3CN(S(=O)(=O)c4ccccc4C(C)=O)C3)C2)cc1. The van der Waals surface area contributed by atoms with Crippen molar-refractivity contribution in [2.24, 2.45) is 5.92 Å². The van der Waals surface area contributed by atoms with Gasteiger partial charge in [-0.1, -0.05) is 30.3 Å². The fourth-order valence-electron chi connectivity index (χ4n) is 4.25. The Kier molecular flexibility index (Phi) is 7.35. The first-order valence-corrected chi connectivity index (χ1v) is 13.6. The van der Waals surface area contributed by atoms with Crippen LogP contribution < -0.4 is 5.32 Å². The molecule has 4 rings (SSSR count). The van der Waals surface area contributed by atoms with Gasteiger partial charge in [0, 0.05) is 35.0 Å². The largest absolute Gasteiger partial charge is 0.357 e. The van der Waals surface area contributed by atoms with E-state index in [4.69, 9.17) is 4.74 Å². The standard InChI is InChI=1S/C24H28N2O5S2/c1-16(27)21-5-3-4-6-22(21)33(29,30)26-14-19(15-26)31-23-13-18(11-12-25-23)24(28)17-7-9-20(32-2)10-8-17/h3-10,18-19,23,25H,11-15H2,1-2H3. The minimum absolute atomic E-state index is 0.0323. The van der Waals surface area contributed by atoms with E-state index in [1.54, 1.807) is 23.9 Å². The van der Waals surface area contributed by atoms with Crippen LogP contribution in [-0.2, 0) is 14.8 Å². The van der Waals surface area contributed by atoms with Crippen molar-refractivity contribution in [3.8, 4) is 0 Å². The number of piperidine rings is 1. The molecule has 2 aliphatic heterocycles. The van der Waals surface area contributed by atoms with Gasteiger partial charge in [-0.2, -0.15) is 4.31 Å². The maximum absolute atomic E-state index is 13.0. The molecular weight excluding hydrogens is 460 g/mol. The van der Waals surface area contributed by atoms with Crippen LogP contribution in [-0.4, -0.2) is 62.5 Å². The topological polar surface area (TPSA) is 92.8 Å². The van der Waals surface area contributed by atoms with Crippen molar-refractivity contribution in [3.63, 3.8) is 0 Å². The minimum Gasteiger partial charge on any atom is -0.357 e. The summed E-state index contributed by atoms with van der Waals surface area (Å²) >= 11 is 1.64. The maximum Gasteiger partial charge on any atom is 0.243 e. The summed E-state index contributed by atoms with van der Waals surface area (Å²) in [5.41, 5.74) is 0.909. The number of thioether (sulfide) groups is 1. The van der Waals surface area contributed by atoms with E-state index in [2.05, 4.69) is 5.32 Å². The Hall–Kier alpha value is -2.04. The number of nitrogens with zero attached hydrogens (tertiary/aromatic N) is 1. The first-order valence-electron chi connectivity index (χ1n) is 11.0. The quantitative estimate of drug-likeness (QED) is 0.451. The molecule has 176 valence electrons. The Morgan fingerprint density at radius 3 is 2.45 bits per heavy atom. The van der Waals surface area contributed by atoms with E-state index >= 15 is 0 Å². The summed E-state index contributed by atoms with van der Waals surface area (Å²) in [4.78, 5) is 25.9. The van der Waals surface area contributed by atoms with Crippen molar-refractivity contribution in [1.29, 1.82) is 0 Å². The highest BCUT2D eigenvalue weighted by Crippen LogP contribution is 2.29. The third kappa shape index (κ3) is 5.22. The molecule has 0 bridgehead atoms. The van der Waals surface area contributed by atoms with Crippen molar-refractivity contribution < 1.29 is 22.7 Å². The second-order valence-electron chi connectivity index (χ2n) is 8.39. The highest BCUT2D eigenvalue weighted by molar-refractivity contribution is 7.98. The third-order valence-corrected chi connectivity index (χ3v) is 8.80. The normalized spacial score (nSPS) is 22.0. The lowest BCUT2D eigenvalue weighted by Crippen LogP contribution is -2.57. The number of benzene rings is 2. The number of nitrogens with one attached hydrogen (secondary N) is 1. The Labute approximate surface area is 198 Å².